The van der Waals surface area contributed by atoms with Crippen molar-refractivity contribution in [2.24, 2.45) is 0 Å². The Morgan fingerprint density at radius 2 is 1.55 bits per heavy atom. The van der Waals surface area contributed by atoms with Gasteiger partial charge >= 0.3 is 6.03 Å². The number of amides is 2. The molecule has 1 unspecified atom stereocenters. The van der Waals surface area contributed by atoms with E-state index >= 15 is 0 Å². The van der Waals surface area contributed by atoms with Crippen LogP contribution in [0.1, 0.15) is 31.1 Å². The van der Waals surface area contributed by atoms with Crippen LogP contribution in [0.15, 0.2) is 54.9 Å². The number of imidazole rings is 1. The van der Waals surface area contributed by atoms with Crippen LogP contribution in [0.5, 0.6) is 0 Å². The van der Waals surface area contributed by atoms with Crippen LogP contribution >= 0.6 is 0 Å². The van der Waals surface area contributed by atoms with Crippen LogP contribution in [0.25, 0.3) is 22.6 Å². The van der Waals surface area contributed by atoms with Crippen LogP contribution in [-0.2, 0) is 25.6 Å². The van der Waals surface area contributed by atoms with Crippen LogP contribution in [0.4, 0.5) is 22.0 Å². The Balaban J connectivity index is 0.973. The van der Waals surface area contributed by atoms with E-state index in [9.17, 15) is 4.79 Å². The van der Waals surface area contributed by atoms with E-state index in [2.05, 4.69) is 30.0 Å². The van der Waals surface area contributed by atoms with Gasteiger partial charge in [0.2, 0.25) is 0 Å². The number of anilines is 3. The second-order valence-corrected chi connectivity index (χ2v) is 12.0. The highest BCUT2D eigenvalue weighted by Crippen LogP contribution is 2.33. The molecule has 0 aliphatic carbocycles. The minimum atomic E-state index is -0.324. The van der Waals surface area contributed by atoms with Gasteiger partial charge in [-0.05, 0) is 61.2 Å². The average molecular weight is 643 g/mol. The molecule has 7 rings (SSSR count). The largest absolute Gasteiger partial charge is 0.379 e. The molecule has 13 nitrogen and oxygen atoms in total. The van der Waals surface area contributed by atoms with Crippen LogP contribution in [0.3, 0.4) is 0 Å². The molecule has 3 aliphatic heterocycles. The number of fused-ring (bicyclic) bond motifs is 1. The molecule has 0 saturated carbocycles. The molecule has 0 radical (unpaired) electrons. The molecule has 0 bridgehead atoms. The molecule has 1 atom stereocenters. The monoisotopic (exact) mass is 642 g/mol. The minimum Gasteiger partial charge on any atom is -0.379 e. The molecule has 0 spiro atoms. The fourth-order valence-electron chi connectivity index (χ4n) is 6.10. The number of rotatable bonds is 10. The average Bonchev–Trinajstić information content (AvgIpc) is 3.56. The van der Waals surface area contributed by atoms with Gasteiger partial charge in [-0.2, -0.15) is 0 Å². The zero-order valence-electron chi connectivity index (χ0n) is 26.6. The van der Waals surface area contributed by atoms with Crippen LogP contribution in [-0.4, -0.2) is 103 Å². The van der Waals surface area contributed by atoms with E-state index in [1.807, 2.05) is 54.9 Å². The van der Waals surface area contributed by atoms with Gasteiger partial charge < -0.3 is 34.5 Å². The summed E-state index contributed by atoms with van der Waals surface area (Å²) in [5.74, 6) is 1.42. The summed E-state index contributed by atoms with van der Waals surface area (Å²) < 4.78 is 25.0. The van der Waals surface area contributed by atoms with Gasteiger partial charge in [0.1, 0.15) is 11.7 Å². The normalized spacial score (nSPS) is 19.1. The van der Waals surface area contributed by atoms with Crippen molar-refractivity contribution in [1.29, 1.82) is 0 Å². The smallest absolute Gasteiger partial charge is 0.323 e. The van der Waals surface area contributed by atoms with Crippen molar-refractivity contribution in [2.45, 2.75) is 32.1 Å². The van der Waals surface area contributed by atoms with Crippen LogP contribution in [0, 0.1) is 0 Å². The van der Waals surface area contributed by atoms with Crippen molar-refractivity contribution in [2.75, 3.05) is 87.9 Å². The second-order valence-electron chi connectivity index (χ2n) is 12.0. The van der Waals surface area contributed by atoms with Crippen molar-refractivity contribution >= 4 is 34.4 Å². The fourth-order valence-corrected chi connectivity index (χ4v) is 6.10. The van der Waals surface area contributed by atoms with E-state index in [4.69, 9.17) is 28.9 Å². The summed E-state index contributed by atoms with van der Waals surface area (Å²) in [6.07, 6.45) is 4.89. The first-order valence-electron chi connectivity index (χ1n) is 16.5. The number of morpholine rings is 2. The standard InChI is InChI=1S/C34H42N8O5/c43-34(36-27-8-4-25(5-9-27)23-46-20-14-40-12-18-44-19-13-40)37-28-10-6-26(7-11-28)31-38-32-30(33(39-31)41-15-21-45-22-16-41)42(24-35-32)29-3-1-2-17-47-29/h4-11,24,29H,1-3,12-23H2,(H2,36,37,43). The van der Waals surface area contributed by atoms with E-state index in [1.165, 1.54) is 0 Å². The van der Waals surface area contributed by atoms with Crippen molar-refractivity contribution in [3.63, 3.8) is 0 Å². The number of ether oxygens (including phenoxy) is 4. The number of hydrogen-bond donors (Lipinski definition) is 2. The summed E-state index contributed by atoms with van der Waals surface area (Å²) >= 11 is 0. The zero-order valence-corrected chi connectivity index (χ0v) is 26.6. The number of aromatic nitrogens is 4. The fraction of sp³-hybridized carbons (Fsp3) is 0.471. The molecule has 3 aliphatic rings. The summed E-state index contributed by atoms with van der Waals surface area (Å²) in [5, 5.41) is 5.81. The Hall–Kier alpha value is -4.14. The summed E-state index contributed by atoms with van der Waals surface area (Å²) in [5.41, 5.74) is 4.77. The molecule has 248 valence electrons. The highest BCUT2D eigenvalue weighted by atomic mass is 16.5. The maximum atomic E-state index is 12.8. The van der Waals surface area contributed by atoms with E-state index in [0.29, 0.717) is 49.3 Å². The van der Waals surface area contributed by atoms with Crippen molar-refractivity contribution in [3.05, 3.63) is 60.4 Å². The van der Waals surface area contributed by atoms with Gasteiger partial charge in [-0.25, -0.2) is 19.7 Å². The van der Waals surface area contributed by atoms with Gasteiger partial charge in [-0.1, -0.05) is 12.1 Å². The van der Waals surface area contributed by atoms with Gasteiger partial charge in [0, 0.05) is 56.3 Å². The molecule has 4 aromatic rings. The third-order valence-electron chi connectivity index (χ3n) is 8.72. The van der Waals surface area contributed by atoms with Crippen molar-refractivity contribution in [1.82, 2.24) is 24.4 Å². The Morgan fingerprint density at radius 1 is 0.851 bits per heavy atom. The molecule has 2 aromatic carbocycles. The van der Waals surface area contributed by atoms with E-state index in [0.717, 1.165) is 94.3 Å². The molecule has 3 fully saturated rings. The van der Waals surface area contributed by atoms with E-state index in [-0.39, 0.29) is 12.3 Å². The Bertz CT molecular complexity index is 1610. The Labute approximate surface area is 274 Å². The van der Waals surface area contributed by atoms with Crippen molar-refractivity contribution in [3.8, 4) is 11.4 Å². The lowest BCUT2D eigenvalue weighted by molar-refractivity contribution is -0.0295. The maximum Gasteiger partial charge on any atom is 0.323 e. The molecule has 47 heavy (non-hydrogen) atoms. The van der Waals surface area contributed by atoms with Gasteiger partial charge in [-0.3, -0.25) is 9.47 Å². The summed E-state index contributed by atoms with van der Waals surface area (Å²) in [6.45, 7) is 9.13. The number of nitrogens with one attached hydrogen (secondary N) is 2. The van der Waals surface area contributed by atoms with Crippen molar-refractivity contribution < 1.29 is 23.7 Å². The first-order valence-corrected chi connectivity index (χ1v) is 16.5. The predicted molar refractivity (Wildman–Crippen MR) is 179 cm³/mol. The first-order chi connectivity index (χ1) is 23.2. The van der Waals surface area contributed by atoms with Gasteiger partial charge in [0.25, 0.3) is 0 Å². The van der Waals surface area contributed by atoms with Crippen LogP contribution in [0.2, 0.25) is 0 Å². The summed E-state index contributed by atoms with van der Waals surface area (Å²) in [6, 6.07) is 14.9. The summed E-state index contributed by atoms with van der Waals surface area (Å²) in [7, 11) is 0. The molecule has 2 N–H and O–H groups in total. The maximum absolute atomic E-state index is 12.8. The van der Waals surface area contributed by atoms with E-state index in [1.54, 1.807) is 0 Å². The number of carbonyl (C=O) groups excluding carboxylic acids is 1. The topological polar surface area (TPSA) is 128 Å². The number of benzene rings is 2. The predicted octanol–water partition coefficient (Wildman–Crippen LogP) is 4.52. The Morgan fingerprint density at radius 3 is 2.26 bits per heavy atom. The third-order valence-corrected chi connectivity index (χ3v) is 8.72. The highest BCUT2D eigenvalue weighted by molar-refractivity contribution is 5.99. The quantitative estimate of drug-likeness (QED) is 0.238. The molecule has 13 heteroatoms. The SMILES string of the molecule is O=C(Nc1ccc(COCCN2CCOCC2)cc1)Nc1ccc(-c2nc(N3CCOCC3)c3c(ncn3C3CCCCO3)n2)cc1. The first kappa shape index (κ1) is 31.5. The number of nitrogens with zero attached hydrogens (tertiary/aromatic N) is 6. The number of urea groups is 1. The molecule has 2 aromatic heterocycles. The lowest BCUT2D eigenvalue weighted by Gasteiger charge is -2.30. The molecular weight excluding hydrogens is 600 g/mol. The zero-order chi connectivity index (χ0) is 31.8. The van der Waals surface area contributed by atoms with E-state index < -0.39 is 0 Å². The highest BCUT2D eigenvalue weighted by Gasteiger charge is 2.25. The lowest BCUT2D eigenvalue weighted by atomic mass is 10.2. The molecule has 2 amide bonds. The number of hydrogen-bond acceptors (Lipinski definition) is 10. The third kappa shape index (κ3) is 7.88. The summed E-state index contributed by atoms with van der Waals surface area (Å²) in [4.78, 5) is 31.9. The van der Waals surface area contributed by atoms with Gasteiger partial charge in [0.15, 0.2) is 17.3 Å². The molecule has 3 saturated heterocycles. The lowest BCUT2D eigenvalue weighted by Crippen LogP contribution is -2.38. The molecular formula is C34H42N8O5. The van der Waals surface area contributed by atoms with Gasteiger partial charge in [-0.15, -0.1) is 0 Å². The molecule has 5 heterocycles. The van der Waals surface area contributed by atoms with Crippen LogP contribution < -0.4 is 15.5 Å². The second kappa shape index (κ2) is 15.2. The minimum absolute atomic E-state index is 0.0674. The van der Waals surface area contributed by atoms with Gasteiger partial charge in [0.05, 0.1) is 46.0 Å². The number of carbonyl (C=O) groups is 1. The Kier molecular flexibility index (Phi) is 10.2.